The molecule has 1 N–H and O–H groups in total. The lowest BCUT2D eigenvalue weighted by atomic mass is 10.3. The van der Waals surface area contributed by atoms with E-state index in [-0.39, 0.29) is 5.91 Å². The summed E-state index contributed by atoms with van der Waals surface area (Å²) in [7, 11) is 1.91. The van der Waals surface area contributed by atoms with Gasteiger partial charge in [-0.2, -0.15) is 5.10 Å². The minimum atomic E-state index is 0.141. The number of carbonyl (C=O) groups is 1. The summed E-state index contributed by atoms with van der Waals surface area (Å²) in [6.45, 7) is 2.68. The van der Waals surface area contributed by atoms with E-state index in [1.54, 1.807) is 0 Å². The quantitative estimate of drug-likeness (QED) is 0.829. The Hall–Kier alpha value is -1.56. The van der Waals surface area contributed by atoms with Crippen LogP contribution < -0.4 is 5.32 Å². The van der Waals surface area contributed by atoms with Crippen molar-refractivity contribution in [2.24, 2.45) is 7.05 Å². The normalized spacial score (nSPS) is 14.8. The van der Waals surface area contributed by atoms with E-state index in [1.165, 1.54) is 0 Å². The Balaban J connectivity index is 1.71. The molecule has 3 rings (SSSR count). The van der Waals surface area contributed by atoms with Gasteiger partial charge in [-0.25, -0.2) is 4.98 Å². The van der Waals surface area contributed by atoms with Crippen LogP contribution in [-0.4, -0.2) is 31.3 Å². The molecule has 7 heteroatoms. The number of imidazole rings is 1. The molecule has 1 saturated carbocycles. The predicted molar refractivity (Wildman–Crippen MR) is 81.2 cm³/mol. The van der Waals surface area contributed by atoms with Gasteiger partial charge in [0.1, 0.15) is 11.3 Å². The standard InChI is InChI=1S/C14H20ClN5O/c1-9-13-14(19(2)18-9)20(11(8-15)17-13)7-3-4-12(21)16-10-5-6-10/h10H,3-8H2,1-2H3,(H,16,21). The van der Waals surface area contributed by atoms with Gasteiger partial charge >= 0.3 is 0 Å². The highest BCUT2D eigenvalue weighted by Gasteiger charge is 2.23. The molecule has 0 aromatic carbocycles. The molecular formula is C14H20ClN5O. The lowest BCUT2D eigenvalue weighted by Crippen LogP contribution is -2.25. The summed E-state index contributed by atoms with van der Waals surface area (Å²) in [5.74, 6) is 1.34. The SMILES string of the molecule is Cc1nn(C)c2c1nc(CCl)n2CCCC(=O)NC1CC1. The van der Waals surface area contributed by atoms with Gasteiger partial charge < -0.3 is 9.88 Å². The number of nitrogens with zero attached hydrogens (tertiary/aromatic N) is 4. The summed E-state index contributed by atoms with van der Waals surface area (Å²) < 4.78 is 3.91. The molecule has 1 fully saturated rings. The zero-order valence-electron chi connectivity index (χ0n) is 12.4. The molecule has 2 aromatic rings. The first-order valence-corrected chi connectivity index (χ1v) is 7.87. The fourth-order valence-electron chi connectivity index (χ4n) is 2.64. The molecule has 0 radical (unpaired) electrons. The molecule has 2 heterocycles. The average Bonchev–Trinajstić information content (AvgIpc) is 3.10. The number of hydrogen-bond acceptors (Lipinski definition) is 3. The maximum absolute atomic E-state index is 11.7. The lowest BCUT2D eigenvalue weighted by molar-refractivity contribution is -0.121. The first kappa shape index (κ1) is 14.4. The highest BCUT2D eigenvalue weighted by atomic mass is 35.5. The number of fused-ring (bicyclic) bond motifs is 1. The van der Waals surface area contributed by atoms with Crippen LogP contribution in [0.4, 0.5) is 0 Å². The number of aromatic nitrogens is 4. The van der Waals surface area contributed by atoms with Gasteiger partial charge in [-0.15, -0.1) is 11.6 Å². The van der Waals surface area contributed by atoms with E-state index in [9.17, 15) is 4.79 Å². The van der Waals surface area contributed by atoms with Crippen molar-refractivity contribution in [2.75, 3.05) is 0 Å². The molecule has 0 aliphatic heterocycles. The average molecular weight is 310 g/mol. The third-order valence-electron chi connectivity index (χ3n) is 3.82. The summed E-state index contributed by atoms with van der Waals surface area (Å²) in [6, 6.07) is 0.426. The van der Waals surface area contributed by atoms with Crippen LogP contribution in [0.3, 0.4) is 0 Å². The molecule has 1 amide bonds. The van der Waals surface area contributed by atoms with Crippen LogP contribution >= 0.6 is 11.6 Å². The molecule has 0 bridgehead atoms. The number of rotatable bonds is 6. The second-order valence-electron chi connectivity index (χ2n) is 5.64. The van der Waals surface area contributed by atoms with E-state index in [0.29, 0.717) is 18.3 Å². The molecule has 0 unspecified atom stereocenters. The Morgan fingerprint density at radius 3 is 2.90 bits per heavy atom. The molecule has 1 aliphatic rings. The van der Waals surface area contributed by atoms with Crippen LogP contribution in [0.15, 0.2) is 0 Å². The highest BCUT2D eigenvalue weighted by Crippen LogP contribution is 2.21. The van der Waals surface area contributed by atoms with Crippen molar-refractivity contribution >= 4 is 28.7 Å². The van der Waals surface area contributed by atoms with Crippen molar-refractivity contribution in [1.29, 1.82) is 0 Å². The van der Waals surface area contributed by atoms with Crippen molar-refractivity contribution in [3.63, 3.8) is 0 Å². The fraction of sp³-hybridized carbons (Fsp3) is 0.643. The van der Waals surface area contributed by atoms with E-state index in [4.69, 9.17) is 11.6 Å². The van der Waals surface area contributed by atoms with Gasteiger partial charge in [0.2, 0.25) is 5.91 Å². The van der Waals surface area contributed by atoms with Gasteiger partial charge in [0.05, 0.1) is 11.6 Å². The van der Waals surface area contributed by atoms with Gasteiger partial charge in [-0.05, 0) is 26.2 Å². The third-order valence-corrected chi connectivity index (χ3v) is 4.06. The van der Waals surface area contributed by atoms with Gasteiger partial charge in [-0.1, -0.05) is 0 Å². The summed E-state index contributed by atoms with van der Waals surface area (Å²) >= 11 is 5.99. The largest absolute Gasteiger partial charge is 0.353 e. The Bertz CT molecular complexity index is 670. The molecule has 2 aromatic heterocycles. The zero-order valence-corrected chi connectivity index (χ0v) is 13.2. The summed E-state index contributed by atoms with van der Waals surface area (Å²) in [5, 5.41) is 7.40. The van der Waals surface area contributed by atoms with Gasteiger partial charge in [0, 0.05) is 26.1 Å². The van der Waals surface area contributed by atoms with E-state index in [1.807, 2.05) is 18.7 Å². The first-order valence-electron chi connectivity index (χ1n) is 7.34. The zero-order chi connectivity index (χ0) is 15.0. The Labute approximate surface area is 128 Å². The fourth-order valence-corrected chi connectivity index (χ4v) is 2.85. The Morgan fingerprint density at radius 1 is 1.48 bits per heavy atom. The second-order valence-corrected chi connectivity index (χ2v) is 5.91. The Kier molecular flexibility index (Phi) is 3.89. The van der Waals surface area contributed by atoms with Crippen LogP contribution in [-0.2, 0) is 24.3 Å². The predicted octanol–water partition coefficient (Wildman–Crippen LogP) is 1.88. The van der Waals surface area contributed by atoms with Crippen LogP contribution in [0, 0.1) is 6.92 Å². The summed E-state index contributed by atoms with van der Waals surface area (Å²) in [4.78, 5) is 16.3. The number of amides is 1. The summed E-state index contributed by atoms with van der Waals surface area (Å²) in [6.07, 6.45) is 3.56. The van der Waals surface area contributed by atoms with E-state index < -0.39 is 0 Å². The Morgan fingerprint density at radius 2 is 2.24 bits per heavy atom. The monoisotopic (exact) mass is 309 g/mol. The maximum atomic E-state index is 11.7. The smallest absolute Gasteiger partial charge is 0.220 e. The second kappa shape index (κ2) is 5.67. The van der Waals surface area contributed by atoms with E-state index in [0.717, 1.165) is 48.5 Å². The maximum Gasteiger partial charge on any atom is 0.220 e. The van der Waals surface area contributed by atoms with Gasteiger partial charge in [-0.3, -0.25) is 9.48 Å². The number of nitrogens with one attached hydrogen (secondary N) is 1. The van der Waals surface area contributed by atoms with Crippen molar-refractivity contribution in [3.8, 4) is 0 Å². The summed E-state index contributed by atoms with van der Waals surface area (Å²) in [5.41, 5.74) is 2.78. The highest BCUT2D eigenvalue weighted by molar-refractivity contribution is 6.16. The van der Waals surface area contributed by atoms with Crippen molar-refractivity contribution in [1.82, 2.24) is 24.6 Å². The van der Waals surface area contributed by atoms with Crippen LogP contribution in [0.2, 0.25) is 0 Å². The van der Waals surface area contributed by atoms with Gasteiger partial charge in [0.25, 0.3) is 0 Å². The van der Waals surface area contributed by atoms with Crippen molar-refractivity contribution < 1.29 is 4.79 Å². The lowest BCUT2D eigenvalue weighted by Gasteiger charge is -2.08. The third kappa shape index (κ3) is 2.90. The van der Waals surface area contributed by atoms with Gasteiger partial charge in [0.15, 0.2) is 5.65 Å². The van der Waals surface area contributed by atoms with Crippen LogP contribution in [0.5, 0.6) is 0 Å². The molecule has 1 aliphatic carbocycles. The molecule has 21 heavy (non-hydrogen) atoms. The number of carbonyl (C=O) groups excluding carboxylic acids is 1. The number of alkyl halides is 1. The van der Waals surface area contributed by atoms with Crippen LogP contribution in [0.25, 0.3) is 11.2 Å². The van der Waals surface area contributed by atoms with E-state index >= 15 is 0 Å². The molecule has 0 saturated heterocycles. The van der Waals surface area contributed by atoms with Crippen molar-refractivity contribution in [2.45, 2.75) is 51.1 Å². The minimum absolute atomic E-state index is 0.141. The van der Waals surface area contributed by atoms with Crippen molar-refractivity contribution in [3.05, 3.63) is 11.5 Å². The molecule has 6 nitrogen and oxygen atoms in total. The molecule has 114 valence electrons. The molecule has 0 spiro atoms. The molecule has 0 atom stereocenters. The topological polar surface area (TPSA) is 64.7 Å². The first-order chi connectivity index (χ1) is 10.1. The number of halogens is 1. The minimum Gasteiger partial charge on any atom is -0.353 e. The molecular weight excluding hydrogens is 290 g/mol. The number of aryl methyl sites for hydroxylation is 3. The number of hydrogen-bond donors (Lipinski definition) is 1. The van der Waals surface area contributed by atoms with E-state index in [2.05, 4.69) is 20.0 Å². The van der Waals surface area contributed by atoms with Crippen LogP contribution in [0.1, 0.15) is 37.2 Å².